The lowest BCUT2D eigenvalue weighted by atomic mass is 9.83. The number of carbonyl (C=O) groups is 2. The number of amides is 1. The van der Waals surface area contributed by atoms with Crippen LogP contribution in [0.2, 0.25) is 0 Å². The van der Waals surface area contributed by atoms with Crippen molar-refractivity contribution < 1.29 is 24.4 Å². The van der Waals surface area contributed by atoms with Crippen LogP contribution in [0.5, 0.6) is 0 Å². The van der Waals surface area contributed by atoms with Crippen LogP contribution >= 0.6 is 27.7 Å². The molecule has 0 aromatic carbocycles. The molecule has 2 aliphatic heterocycles. The topological polar surface area (TPSA) is 84.5 Å². The Labute approximate surface area is 152 Å². The minimum Gasteiger partial charge on any atom is -0.543 e. The normalized spacial score (nSPS) is 24.0. The van der Waals surface area contributed by atoms with Gasteiger partial charge < -0.3 is 19.9 Å². The first-order chi connectivity index (χ1) is 11.3. The molecule has 24 heavy (non-hydrogen) atoms. The molecule has 3 rings (SSSR count). The highest BCUT2D eigenvalue weighted by Gasteiger charge is 2.55. The predicted molar refractivity (Wildman–Crippen MR) is 89.1 cm³/mol. The number of nitrogens with zero attached hydrogens (tertiary/aromatic N) is 2. The van der Waals surface area contributed by atoms with Crippen LogP contribution in [0.3, 0.4) is 0 Å². The predicted octanol–water partition coefficient (Wildman–Crippen LogP) is 0.0798. The van der Waals surface area contributed by atoms with E-state index in [4.69, 9.17) is 0 Å². The van der Waals surface area contributed by atoms with Crippen molar-refractivity contribution in [1.29, 1.82) is 0 Å². The third-order valence-corrected chi connectivity index (χ3v) is 5.93. The van der Waals surface area contributed by atoms with Gasteiger partial charge in [-0.2, -0.15) is 0 Å². The molecular weight excluding hydrogens is 396 g/mol. The number of aryl methyl sites for hydroxylation is 1. The summed E-state index contributed by atoms with van der Waals surface area (Å²) in [5.74, 6) is -1.61. The molecule has 1 fully saturated rings. The van der Waals surface area contributed by atoms with Gasteiger partial charge in [0.2, 0.25) is 5.91 Å². The van der Waals surface area contributed by atoms with Gasteiger partial charge in [0.25, 0.3) is 0 Å². The summed E-state index contributed by atoms with van der Waals surface area (Å²) >= 11 is 4.84. The number of carbonyl (C=O) groups excluding carboxylic acids is 2. The van der Waals surface area contributed by atoms with Crippen LogP contribution < -0.4 is 9.67 Å². The Hall–Kier alpha value is -1.38. The van der Waals surface area contributed by atoms with Gasteiger partial charge in [-0.15, -0.1) is 11.8 Å². The quantitative estimate of drug-likeness (QED) is 0.546. The van der Waals surface area contributed by atoms with Gasteiger partial charge in [0.15, 0.2) is 12.4 Å². The van der Waals surface area contributed by atoms with E-state index in [1.54, 1.807) is 6.92 Å². The summed E-state index contributed by atoms with van der Waals surface area (Å²) in [6.45, 7) is 1.56. The molecule has 1 saturated heterocycles. The zero-order valence-corrected chi connectivity index (χ0v) is 15.6. The first-order valence-corrected chi connectivity index (χ1v) is 9.30. The van der Waals surface area contributed by atoms with Crippen LogP contribution in [0.1, 0.15) is 18.9 Å². The van der Waals surface area contributed by atoms with Crippen LogP contribution in [-0.4, -0.2) is 34.0 Å². The van der Waals surface area contributed by atoms with Crippen molar-refractivity contribution in [2.75, 3.05) is 0 Å². The Balaban J connectivity index is 1.80. The number of hydrogen-bond donors (Lipinski definition) is 1. The largest absolute Gasteiger partial charge is 0.543 e. The van der Waals surface area contributed by atoms with Gasteiger partial charge in [-0.25, -0.2) is 4.57 Å². The highest BCUT2D eigenvalue weighted by atomic mass is 79.9. The minimum absolute atomic E-state index is 0.0359. The number of halogens is 1. The van der Waals surface area contributed by atoms with Gasteiger partial charge in [0.1, 0.15) is 7.05 Å². The first kappa shape index (κ1) is 17.4. The molecule has 1 amide bonds. The molecule has 2 aliphatic rings. The van der Waals surface area contributed by atoms with E-state index >= 15 is 0 Å². The number of carboxylic acid groups (broad SMARTS) is 1. The SMILES string of the molecule is CC(O)[C@H]1C(=O)N2C(C(=O)[O-])=C(SCc3cc(Br)c[n+](C)c3)C[C@H]12. The number of aliphatic carboxylic acids is 1. The van der Waals surface area contributed by atoms with Crippen LogP contribution in [0.15, 0.2) is 33.5 Å². The van der Waals surface area contributed by atoms with E-state index in [9.17, 15) is 19.8 Å². The maximum absolute atomic E-state index is 12.1. The zero-order chi connectivity index (χ0) is 17.6. The second-order valence-electron chi connectivity index (χ2n) is 6.12. The minimum atomic E-state index is -1.34. The van der Waals surface area contributed by atoms with Gasteiger partial charge in [-0.3, -0.25) is 4.79 Å². The Morgan fingerprint density at radius 2 is 2.29 bits per heavy atom. The fourth-order valence-electron chi connectivity index (χ4n) is 3.34. The first-order valence-electron chi connectivity index (χ1n) is 7.52. The monoisotopic (exact) mass is 412 g/mol. The highest BCUT2D eigenvalue weighted by molar-refractivity contribution is 9.10. The van der Waals surface area contributed by atoms with Gasteiger partial charge in [0, 0.05) is 22.6 Å². The number of pyridine rings is 1. The summed E-state index contributed by atoms with van der Waals surface area (Å²) in [6.07, 6.45) is 3.56. The van der Waals surface area contributed by atoms with Crippen molar-refractivity contribution >= 4 is 39.6 Å². The summed E-state index contributed by atoms with van der Waals surface area (Å²) in [5.41, 5.74) is 1.00. The van der Waals surface area contributed by atoms with Gasteiger partial charge in [-0.1, -0.05) is 0 Å². The van der Waals surface area contributed by atoms with Gasteiger partial charge in [0.05, 0.1) is 34.2 Å². The Morgan fingerprint density at radius 3 is 2.88 bits per heavy atom. The fraction of sp³-hybridized carbons (Fsp3) is 0.438. The van der Waals surface area contributed by atoms with E-state index in [0.717, 1.165) is 10.0 Å². The molecule has 0 radical (unpaired) electrons. The molecule has 1 N–H and O–H groups in total. The third-order valence-electron chi connectivity index (χ3n) is 4.31. The Kier molecular flexibility index (Phi) is 4.72. The lowest BCUT2D eigenvalue weighted by Gasteiger charge is -2.45. The van der Waals surface area contributed by atoms with E-state index in [2.05, 4.69) is 15.9 Å². The number of thioether (sulfide) groups is 1. The van der Waals surface area contributed by atoms with Crippen molar-refractivity contribution in [2.24, 2.45) is 13.0 Å². The fourth-order valence-corrected chi connectivity index (χ4v) is 5.07. The summed E-state index contributed by atoms with van der Waals surface area (Å²) < 4.78 is 2.86. The number of rotatable bonds is 5. The average molecular weight is 413 g/mol. The summed E-state index contributed by atoms with van der Waals surface area (Å²) in [7, 11) is 1.91. The lowest BCUT2D eigenvalue weighted by Crippen LogP contribution is -2.62. The molecule has 3 heterocycles. The van der Waals surface area contributed by atoms with E-state index < -0.39 is 18.0 Å². The zero-order valence-electron chi connectivity index (χ0n) is 13.2. The van der Waals surface area contributed by atoms with Crippen LogP contribution in [0.4, 0.5) is 0 Å². The van der Waals surface area contributed by atoms with E-state index in [1.807, 2.05) is 30.1 Å². The van der Waals surface area contributed by atoms with Crippen molar-refractivity contribution in [1.82, 2.24) is 4.90 Å². The number of hydrogen-bond acceptors (Lipinski definition) is 5. The van der Waals surface area contributed by atoms with Gasteiger partial charge >= 0.3 is 0 Å². The molecule has 0 spiro atoms. The van der Waals surface area contributed by atoms with Gasteiger partial charge in [-0.05, 0) is 28.9 Å². The second-order valence-corrected chi connectivity index (χ2v) is 8.11. The average Bonchev–Trinajstić information content (AvgIpc) is 2.78. The maximum Gasteiger partial charge on any atom is 0.235 e. The molecular formula is C16H17BrN2O4S. The van der Waals surface area contributed by atoms with Crippen molar-refractivity contribution in [3.05, 3.63) is 39.1 Å². The number of β-lactam (4-membered cyclic amide) rings is 1. The molecule has 1 aromatic heterocycles. The van der Waals surface area contributed by atoms with Crippen LogP contribution in [-0.2, 0) is 22.4 Å². The molecule has 128 valence electrons. The second kappa shape index (κ2) is 6.50. The Morgan fingerprint density at radius 1 is 1.58 bits per heavy atom. The molecule has 0 saturated carbocycles. The number of aliphatic hydroxyl groups is 1. The molecule has 8 heteroatoms. The molecule has 6 nitrogen and oxygen atoms in total. The van der Waals surface area contributed by atoms with Crippen LogP contribution in [0, 0.1) is 5.92 Å². The maximum atomic E-state index is 12.1. The molecule has 0 bridgehead atoms. The number of fused-ring (bicyclic) bond motifs is 1. The smallest absolute Gasteiger partial charge is 0.235 e. The standard InChI is InChI=1S/C16H17BrN2O4S/c1-8(20)13-11-4-12(14(16(22)23)19(11)15(13)21)24-7-9-3-10(17)6-18(2)5-9/h3,5-6,8,11,13,20H,4,7H2,1-2H3/t8?,11-,13-/m1/s1. The van der Waals surface area contributed by atoms with Crippen molar-refractivity contribution in [2.45, 2.75) is 31.2 Å². The highest BCUT2D eigenvalue weighted by Crippen LogP contribution is 2.47. The van der Waals surface area contributed by atoms with Crippen molar-refractivity contribution in [3.63, 3.8) is 0 Å². The number of aliphatic hydroxyl groups excluding tert-OH is 1. The molecule has 1 aromatic rings. The van der Waals surface area contributed by atoms with Crippen LogP contribution in [0.25, 0.3) is 0 Å². The third kappa shape index (κ3) is 2.98. The molecule has 0 aliphatic carbocycles. The summed E-state index contributed by atoms with van der Waals surface area (Å²) in [4.78, 5) is 25.5. The number of carboxylic acids is 1. The lowest BCUT2D eigenvalue weighted by molar-refractivity contribution is -0.672. The summed E-state index contributed by atoms with van der Waals surface area (Å²) in [5, 5.41) is 21.2. The van der Waals surface area contributed by atoms with E-state index in [1.165, 1.54) is 16.7 Å². The van der Waals surface area contributed by atoms with E-state index in [0.29, 0.717) is 17.1 Å². The Bertz CT molecular complexity index is 729. The van der Waals surface area contributed by atoms with Crippen molar-refractivity contribution in [3.8, 4) is 0 Å². The molecule has 3 atom stereocenters. The molecule has 1 unspecified atom stereocenters. The number of aromatic nitrogens is 1. The van der Waals surface area contributed by atoms with E-state index in [-0.39, 0.29) is 17.6 Å². The summed E-state index contributed by atoms with van der Waals surface area (Å²) in [6, 6.07) is 1.70.